The number of aryl methyl sites for hydroxylation is 2. The number of hydrogen-bond acceptors (Lipinski definition) is 1. The van der Waals surface area contributed by atoms with E-state index in [1.54, 1.807) is 11.1 Å². The van der Waals surface area contributed by atoms with E-state index in [1.165, 1.54) is 40.4 Å². The highest BCUT2D eigenvalue weighted by Gasteiger charge is 2.16. The van der Waals surface area contributed by atoms with Crippen molar-refractivity contribution < 1.29 is 0 Å². The summed E-state index contributed by atoms with van der Waals surface area (Å²) in [5, 5.41) is 3.65. The molecule has 21 heavy (non-hydrogen) atoms. The lowest BCUT2D eigenvalue weighted by Crippen LogP contribution is -2.22. The number of fused-ring (bicyclic) bond motifs is 1. The largest absolute Gasteiger partial charge is 0.307 e. The average Bonchev–Trinajstić information content (AvgIpc) is 2.52. The summed E-state index contributed by atoms with van der Waals surface area (Å²) in [5.41, 5.74) is 5.88. The van der Waals surface area contributed by atoms with Crippen molar-refractivity contribution in [2.75, 3.05) is 6.54 Å². The molecule has 2 aromatic rings. The van der Waals surface area contributed by atoms with Crippen molar-refractivity contribution in [3.63, 3.8) is 0 Å². The van der Waals surface area contributed by atoms with Crippen LogP contribution in [-0.4, -0.2) is 6.54 Å². The van der Waals surface area contributed by atoms with Gasteiger partial charge in [-0.25, -0.2) is 0 Å². The SMILES string of the molecule is CCNC(c1cccc(I)c1)c1ccc2c(c1)CCCC2. The summed E-state index contributed by atoms with van der Waals surface area (Å²) in [4.78, 5) is 0. The van der Waals surface area contributed by atoms with Gasteiger partial charge in [0.05, 0.1) is 6.04 Å². The molecule has 2 aromatic carbocycles. The van der Waals surface area contributed by atoms with Crippen LogP contribution < -0.4 is 5.32 Å². The molecular weight excluding hydrogens is 369 g/mol. The van der Waals surface area contributed by atoms with Gasteiger partial charge in [-0.15, -0.1) is 0 Å². The zero-order valence-electron chi connectivity index (χ0n) is 12.5. The molecule has 0 fully saturated rings. The predicted molar refractivity (Wildman–Crippen MR) is 97.8 cm³/mol. The Morgan fingerprint density at radius 1 is 1.00 bits per heavy atom. The lowest BCUT2D eigenvalue weighted by molar-refractivity contribution is 0.625. The summed E-state index contributed by atoms with van der Waals surface area (Å²) in [7, 11) is 0. The average molecular weight is 391 g/mol. The zero-order chi connectivity index (χ0) is 14.7. The number of rotatable bonds is 4. The Morgan fingerprint density at radius 2 is 1.76 bits per heavy atom. The second-order valence-corrected chi connectivity index (χ2v) is 7.03. The molecule has 1 unspecified atom stereocenters. The Labute approximate surface area is 141 Å². The number of nitrogens with one attached hydrogen (secondary N) is 1. The highest BCUT2D eigenvalue weighted by atomic mass is 127. The fraction of sp³-hybridized carbons (Fsp3) is 0.368. The van der Waals surface area contributed by atoms with E-state index in [9.17, 15) is 0 Å². The molecule has 1 aliphatic carbocycles. The quantitative estimate of drug-likeness (QED) is 0.734. The van der Waals surface area contributed by atoms with Gasteiger partial charge in [-0.05, 0) is 89.2 Å². The fourth-order valence-electron chi connectivity index (χ4n) is 3.25. The van der Waals surface area contributed by atoms with Gasteiger partial charge in [-0.1, -0.05) is 37.3 Å². The summed E-state index contributed by atoms with van der Waals surface area (Å²) in [6, 6.07) is 16.2. The third kappa shape index (κ3) is 3.49. The van der Waals surface area contributed by atoms with E-state index < -0.39 is 0 Å². The molecular formula is C19H22IN. The second kappa shape index (κ2) is 6.93. The van der Waals surface area contributed by atoms with Gasteiger partial charge in [0, 0.05) is 3.57 Å². The van der Waals surface area contributed by atoms with Crippen molar-refractivity contribution in [3.8, 4) is 0 Å². The lowest BCUT2D eigenvalue weighted by atomic mass is 9.88. The summed E-state index contributed by atoms with van der Waals surface area (Å²) >= 11 is 2.39. The van der Waals surface area contributed by atoms with Crippen molar-refractivity contribution in [2.24, 2.45) is 0 Å². The van der Waals surface area contributed by atoms with Crippen LogP contribution >= 0.6 is 22.6 Å². The maximum Gasteiger partial charge on any atom is 0.0577 e. The molecule has 0 saturated carbocycles. The van der Waals surface area contributed by atoms with Gasteiger partial charge in [-0.3, -0.25) is 0 Å². The van der Waals surface area contributed by atoms with E-state index >= 15 is 0 Å². The topological polar surface area (TPSA) is 12.0 Å². The molecule has 3 rings (SSSR count). The van der Waals surface area contributed by atoms with Crippen molar-refractivity contribution in [1.82, 2.24) is 5.32 Å². The standard InChI is InChI=1S/C19H22IN/c1-2-21-19(16-8-5-9-18(20)13-16)17-11-10-14-6-3-4-7-15(14)12-17/h5,8-13,19,21H,2-4,6-7H2,1H3. The van der Waals surface area contributed by atoms with Crippen LogP contribution in [0, 0.1) is 3.57 Å². The van der Waals surface area contributed by atoms with Crippen LogP contribution in [0.2, 0.25) is 0 Å². The van der Waals surface area contributed by atoms with Crippen LogP contribution in [0.4, 0.5) is 0 Å². The minimum atomic E-state index is 0.303. The second-order valence-electron chi connectivity index (χ2n) is 5.78. The van der Waals surface area contributed by atoms with E-state index in [1.807, 2.05) is 0 Å². The minimum absolute atomic E-state index is 0.303. The molecule has 0 saturated heterocycles. The number of halogens is 1. The van der Waals surface area contributed by atoms with Crippen molar-refractivity contribution >= 4 is 22.6 Å². The van der Waals surface area contributed by atoms with E-state index in [4.69, 9.17) is 0 Å². The summed E-state index contributed by atoms with van der Waals surface area (Å²) < 4.78 is 1.30. The highest BCUT2D eigenvalue weighted by Crippen LogP contribution is 2.28. The third-order valence-corrected chi connectivity index (χ3v) is 4.97. The van der Waals surface area contributed by atoms with Gasteiger partial charge in [0.1, 0.15) is 0 Å². The monoisotopic (exact) mass is 391 g/mol. The number of benzene rings is 2. The first kappa shape index (κ1) is 15.0. The lowest BCUT2D eigenvalue weighted by Gasteiger charge is -2.23. The zero-order valence-corrected chi connectivity index (χ0v) is 14.7. The molecule has 1 aliphatic rings. The molecule has 1 nitrogen and oxygen atoms in total. The maximum atomic E-state index is 3.65. The molecule has 0 aliphatic heterocycles. The summed E-state index contributed by atoms with van der Waals surface area (Å²) in [6.07, 6.45) is 5.19. The van der Waals surface area contributed by atoms with Gasteiger partial charge in [-0.2, -0.15) is 0 Å². The maximum absolute atomic E-state index is 3.65. The molecule has 0 bridgehead atoms. The molecule has 2 heteroatoms. The van der Waals surface area contributed by atoms with Crippen LogP contribution in [0.15, 0.2) is 42.5 Å². The van der Waals surface area contributed by atoms with Crippen LogP contribution in [0.25, 0.3) is 0 Å². The van der Waals surface area contributed by atoms with E-state index in [-0.39, 0.29) is 0 Å². The van der Waals surface area contributed by atoms with Crippen molar-refractivity contribution in [2.45, 2.75) is 38.6 Å². The Hall–Kier alpha value is -0.870. The number of hydrogen-bond donors (Lipinski definition) is 1. The third-order valence-electron chi connectivity index (χ3n) is 4.30. The fourth-order valence-corrected chi connectivity index (χ4v) is 3.82. The molecule has 1 atom stereocenters. The van der Waals surface area contributed by atoms with Crippen LogP contribution in [0.1, 0.15) is 48.1 Å². The highest BCUT2D eigenvalue weighted by molar-refractivity contribution is 14.1. The van der Waals surface area contributed by atoms with Gasteiger partial charge in [0.15, 0.2) is 0 Å². The normalized spacial score (nSPS) is 15.5. The predicted octanol–water partition coefficient (Wildman–Crippen LogP) is 4.87. The molecule has 110 valence electrons. The Balaban J connectivity index is 1.97. The van der Waals surface area contributed by atoms with Gasteiger partial charge >= 0.3 is 0 Å². The first-order chi connectivity index (χ1) is 10.3. The van der Waals surface area contributed by atoms with Crippen LogP contribution in [0.5, 0.6) is 0 Å². The van der Waals surface area contributed by atoms with Gasteiger partial charge < -0.3 is 5.32 Å². The Kier molecular flexibility index (Phi) is 4.96. The van der Waals surface area contributed by atoms with Crippen LogP contribution in [-0.2, 0) is 12.8 Å². The van der Waals surface area contributed by atoms with Crippen LogP contribution in [0.3, 0.4) is 0 Å². The van der Waals surface area contributed by atoms with E-state index in [0.717, 1.165) is 6.54 Å². The Morgan fingerprint density at radius 3 is 2.52 bits per heavy atom. The molecule has 1 N–H and O–H groups in total. The van der Waals surface area contributed by atoms with Gasteiger partial charge in [0.25, 0.3) is 0 Å². The van der Waals surface area contributed by atoms with E-state index in [0.29, 0.717) is 6.04 Å². The smallest absolute Gasteiger partial charge is 0.0577 e. The summed E-state index contributed by atoms with van der Waals surface area (Å²) in [5.74, 6) is 0. The molecule has 0 heterocycles. The summed E-state index contributed by atoms with van der Waals surface area (Å²) in [6.45, 7) is 3.16. The first-order valence-corrected chi connectivity index (χ1v) is 8.96. The molecule has 0 amide bonds. The van der Waals surface area contributed by atoms with Gasteiger partial charge in [0.2, 0.25) is 0 Å². The molecule has 0 radical (unpaired) electrons. The van der Waals surface area contributed by atoms with E-state index in [2.05, 4.69) is 77.3 Å². The van der Waals surface area contributed by atoms with Crippen molar-refractivity contribution in [3.05, 3.63) is 68.3 Å². The minimum Gasteiger partial charge on any atom is -0.307 e. The first-order valence-electron chi connectivity index (χ1n) is 7.88. The molecule has 0 spiro atoms. The Bertz CT molecular complexity index is 621. The molecule has 0 aromatic heterocycles. The van der Waals surface area contributed by atoms with Crippen molar-refractivity contribution in [1.29, 1.82) is 0 Å².